The molecule has 3 fully saturated rings. The largest absolute Gasteiger partial charge is 0.353 e. The van der Waals surface area contributed by atoms with E-state index in [9.17, 15) is 4.79 Å². The third-order valence-electron chi connectivity index (χ3n) is 4.95. The van der Waals surface area contributed by atoms with Gasteiger partial charge in [-0.1, -0.05) is 0 Å². The van der Waals surface area contributed by atoms with Gasteiger partial charge in [0.1, 0.15) is 0 Å². The summed E-state index contributed by atoms with van der Waals surface area (Å²) in [5.74, 6) is 0.564. The summed E-state index contributed by atoms with van der Waals surface area (Å²) in [6.45, 7) is 4.61. The van der Waals surface area contributed by atoms with Gasteiger partial charge < -0.3 is 10.2 Å². The molecule has 2 aliphatic heterocycles. The molecule has 0 spiro atoms. The predicted molar refractivity (Wildman–Crippen MR) is 76.0 cm³/mol. The van der Waals surface area contributed by atoms with Gasteiger partial charge in [0.15, 0.2) is 0 Å². The minimum Gasteiger partial charge on any atom is -0.353 e. The van der Waals surface area contributed by atoms with Crippen LogP contribution in [0.5, 0.6) is 0 Å². The van der Waals surface area contributed by atoms with Gasteiger partial charge in [0, 0.05) is 18.6 Å². The Balaban J connectivity index is 1.50. The SMILES string of the molecule is CN1CCC(N2CCC[C@H](C(=O)NC3CC3)C2)CC1. The van der Waals surface area contributed by atoms with Gasteiger partial charge in [-0.25, -0.2) is 0 Å². The minimum atomic E-state index is 0.244. The van der Waals surface area contributed by atoms with E-state index in [0.717, 1.165) is 13.0 Å². The number of carbonyl (C=O) groups excluding carboxylic acids is 1. The molecule has 3 aliphatic rings. The molecular weight excluding hydrogens is 238 g/mol. The van der Waals surface area contributed by atoms with Crippen LogP contribution in [0.15, 0.2) is 0 Å². The fourth-order valence-electron chi connectivity index (χ4n) is 3.46. The smallest absolute Gasteiger partial charge is 0.224 e. The molecule has 3 rings (SSSR count). The Bertz CT molecular complexity index is 321. The fraction of sp³-hybridized carbons (Fsp3) is 0.933. The van der Waals surface area contributed by atoms with Crippen LogP contribution in [0.1, 0.15) is 38.5 Å². The summed E-state index contributed by atoms with van der Waals surface area (Å²) >= 11 is 0. The molecule has 1 amide bonds. The second-order valence-corrected chi connectivity index (χ2v) is 6.65. The first-order valence-corrected chi connectivity index (χ1v) is 7.95. The van der Waals surface area contributed by atoms with Crippen LogP contribution >= 0.6 is 0 Å². The van der Waals surface area contributed by atoms with Gasteiger partial charge in [0.25, 0.3) is 0 Å². The van der Waals surface area contributed by atoms with E-state index < -0.39 is 0 Å². The molecule has 1 N–H and O–H groups in total. The first-order chi connectivity index (χ1) is 9.22. The van der Waals surface area contributed by atoms with Crippen LogP contribution in [0, 0.1) is 5.92 Å². The molecule has 4 nitrogen and oxygen atoms in total. The molecule has 0 radical (unpaired) electrons. The second kappa shape index (κ2) is 5.80. The van der Waals surface area contributed by atoms with Crippen LogP contribution in [-0.2, 0) is 4.79 Å². The molecule has 1 atom stereocenters. The van der Waals surface area contributed by atoms with Gasteiger partial charge in [0.2, 0.25) is 5.91 Å². The van der Waals surface area contributed by atoms with Crippen molar-refractivity contribution in [3.8, 4) is 0 Å². The lowest BCUT2D eigenvalue weighted by molar-refractivity contribution is -0.127. The zero-order chi connectivity index (χ0) is 13.2. The number of rotatable bonds is 3. The normalized spacial score (nSPS) is 31.3. The number of hydrogen-bond donors (Lipinski definition) is 1. The zero-order valence-corrected chi connectivity index (χ0v) is 12.1. The average Bonchev–Trinajstić information content (AvgIpc) is 3.24. The van der Waals surface area contributed by atoms with E-state index >= 15 is 0 Å². The standard InChI is InChI=1S/C15H27N3O/c1-17-9-6-14(7-10-17)18-8-2-3-12(11-18)15(19)16-13-4-5-13/h12-14H,2-11H2,1H3,(H,16,19)/t12-/m0/s1. The van der Waals surface area contributed by atoms with E-state index in [0.29, 0.717) is 18.0 Å². The lowest BCUT2D eigenvalue weighted by atomic mass is 9.93. The molecule has 2 heterocycles. The fourth-order valence-corrected chi connectivity index (χ4v) is 3.46. The molecule has 19 heavy (non-hydrogen) atoms. The van der Waals surface area contributed by atoms with Crippen LogP contribution < -0.4 is 5.32 Å². The van der Waals surface area contributed by atoms with Gasteiger partial charge in [-0.05, 0) is 65.2 Å². The van der Waals surface area contributed by atoms with Crippen LogP contribution in [0.2, 0.25) is 0 Å². The minimum absolute atomic E-state index is 0.244. The highest BCUT2D eigenvalue weighted by molar-refractivity contribution is 5.79. The Morgan fingerprint density at radius 1 is 1.05 bits per heavy atom. The average molecular weight is 265 g/mol. The molecule has 0 bridgehead atoms. The molecule has 4 heteroatoms. The van der Waals surface area contributed by atoms with Crippen LogP contribution in [-0.4, -0.2) is 61.0 Å². The van der Waals surface area contributed by atoms with Gasteiger partial charge in [-0.2, -0.15) is 0 Å². The molecule has 0 aromatic rings. The predicted octanol–water partition coefficient (Wildman–Crippen LogP) is 1.07. The summed E-state index contributed by atoms with van der Waals surface area (Å²) in [4.78, 5) is 17.2. The lowest BCUT2D eigenvalue weighted by Crippen LogP contribution is -2.50. The second-order valence-electron chi connectivity index (χ2n) is 6.65. The Morgan fingerprint density at radius 2 is 1.79 bits per heavy atom. The van der Waals surface area contributed by atoms with Crippen LogP contribution in [0.4, 0.5) is 0 Å². The quantitative estimate of drug-likeness (QED) is 0.829. The number of amides is 1. The highest BCUT2D eigenvalue weighted by atomic mass is 16.2. The zero-order valence-electron chi connectivity index (χ0n) is 12.1. The lowest BCUT2D eigenvalue weighted by Gasteiger charge is -2.41. The maximum atomic E-state index is 12.2. The van der Waals surface area contributed by atoms with Crippen LogP contribution in [0.3, 0.4) is 0 Å². The Hall–Kier alpha value is -0.610. The van der Waals surface area contributed by atoms with Gasteiger partial charge >= 0.3 is 0 Å². The van der Waals surface area contributed by atoms with Crippen molar-refractivity contribution in [3.05, 3.63) is 0 Å². The highest BCUT2D eigenvalue weighted by Gasteiger charge is 2.33. The molecular formula is C15H27N3O. The molecule has 108 valence electrons. The van der Waals surface area contributed by atoms with E-state index in [1.165, 1.54) is 51.7 Å². The van der Waals surface area contributed by atoms with Crippen molar-refractivity contribution >= 4 is 5.91 Å². The van der Waals surface area contributed by atoms with Crippen molar-refractivity contribution in [2.24, 2.45) is 5.92 Å². The Labute approximate surface area is 116 Å². The Morgan fingerprint density at radius 3 is 2.47 bits per heavy atom. The summed E-state index contributed by atoms with van der Waals surface area (Å²) < 4.78 is 0. The monoisotopic (exact) mass is 265 g/mol. The van der Waals surface area contributed by atoms with Crippen molar-refractivity contribution in [1.82, 2.24) is 15.1 Å². The summed E-state index contributed by atoms with van der Waals surface area (Å²) in [7, 11) is 2.21. The van der Waals surface area contributed by atoms with E-state index in [-0.39, 0.29) is 5.92 Å². The first-order valence-electron chi connectivity index (χ1n) is 7.95. The molecule has 0 aromatic carbocycles. The number of likely N-dealkylation sites (tertiary alicyclic amines) is 2. The molecule has 0 unspecified atom stereocenters. The maximum Gasteiger partial charge on any atom is 0.224 e. The van der Waals surface area contributed by atoms with E-state index in [1.807, 2.05) is 0 Å². The number of carbonyl (C=O) groups is 1. The summed E-state index contributed by atoms with van der Waals surface area (Å²) in [6.07, 6.45) is 7.20. The third kappa shape index (κ3) is 3.48. The molecule has 0 aromatic heterocycles. The number of nitrogens with zero attached hydrogens (tertiary/aromatic N) is 2. The van der Waals surface area contributed by atoms with E-state index in [1.54, 1.807) is 0 Å². The third-order valence-corrected chi connectivity index (χ3v) is 4.95. The summed E-state index contributed by atoms with van der Waals surface area (Å²) in [6, 6.07) is 1.22. The number of hydrogen-bond acceptors (Lipinski definition) is 3. The van der Waals surface area contributed by atoms with E-state index in [4.69, 9.17) is 0 Å². The van der Waals surface area contributed by atoms with Gasteiger partial charge in [-0.3, -0.25) is 9.69 Å². The molecule has 2 saturated heterocycles. The topological polar surface area (TPSA) is 35.6 Å². The molecule has 1 aliphatic carbocycles. The van der Waals surface area contributed by atoms with E-state index in [2.05, 4.69) is 22.2 Å². The maximum absolute atomic E-state index is 12.2. The van der Waals surface area contributed by atoms with Crippen LogP contribution in [0.25, 0.3) is 0 Å². The van der Waals surface area contributed by atoms with Crippen molar-refractivity contribution in [3.63, 3.8) is 0 Å². The Kier molecular flexibility index (Phi) is 4.08. The summed E-state index contributed by atoms with van der Waals surface area (Å²) in [5, 5.41) is 3.18. The number of nitrogens with one attached hydrogen (secondary N) is 1. The van der Waals surface area contributed by atoms with Crippen molar-refractivity contribution in [2.45, 2.75) is 50.6 Å². The molecule has 1 saturated carbocycles. The summed E-state index contributed by atoms with van der Waals surface area (Å²) in [5.41, 5.74) is 0. The first kappa shape index (κ1) is 13.4. The van der Waals surface area contributed by atoms with Crippen molar-refractivity contribution < 1.29 is 4.79 Å². The van der Waals surface area contributed by atoms with Gasteiger partial charge in [-0.15, -0.1) is 0 Å². The van der Waals surface area contributed by atoms with Crippen molar-refractivity contribution in [2.75, 3.05) is 33.2 Å². The van der Waals surface area contributed by atoms with Crippen molar-refractivity contribution in [1.29, 1.82) is 0 Å². The number of piperidine rings is 2. The van der Waals surface area contributed by atoms with Gasteiger partial charge in [0.05, 0.1) is 5.92 Å². The highest BCUT2D eigenvalue weighted by Crippen LogP contribution is 2.25.